The molecule has 0 atom stereocenters. The van der Waals surface area contributed by atoms with E-state index in [-0.39, 0.29) is 6.61 Å². The van der Waals surface area contributed by atoms with E-state index in [1.165, 1.54) is 10.1 Å². The Morgan fingerprint density at radius 3 is 3.00 bits per heavy atom. The molecule has 0 radical (unpaired) electrons. The van der Waals surface area contributed by atoms with Crippen molar-refractivity contribution in [1.29, 1.82) is 0 Å². The van der Waals surface area contributed by atoms with Gasteiger partial charge in [-0.1, -0.05) is 0 Å². The molecule has 0 aliphatic heterocycles. The van der Waals surface area contributed by atoms with Crippen molar-refractivity contribution in [2.24, 2.45) is 0 Å². The first kappa shape index (κ1) is 9.52. The maximum Gasteiger partial charge on any atom is 0.0704 e. The number of benzene rings is 1. The summed E-state index contributed by atoms with van der Waals surface area (Å²) >= 11 is 9.45. The second-order valence-electron chi connectivity index (χ2n) is 2.69. The van der Waals surface area contributed by atoms with Crippen molar-refractivity contribution in [3.8, 4) is 0 Å². The molecular weight excluding hydrogens is 268 g/mol. The van der Waals surface area contributed by atoms with Crippen LogP contribution < -0.4 is 0 Å². The van der Waals surface area contributed by atoms with E-state index in [4.69, 9.17) is 5.11 Å². The topological polar surface area (TPSA) is 20.2 Å². The molecule has 1 nitrogen and oxygen atoms in total. The number of thiophene rings is 1. The highest BCUT2D eigenvalue weighted by atomic mass is 79.9. The van der Waals surface area contributed by atoms with Gasteiger partial charge in [0.05, 0.1) is 6.61 Å². The van der Waals surface area contributed by atoms with Crippen LogP contribution in [0.5, 0.6) is 0 Å². The molecule has 0 bridgehead atoms. The monoisotopic (exact) mass is 274 g/mol. The highest BCUT2D eigenvalue weighted by Crippen LogP contribution is 2.35. The molecule has 13 heavy (non-hydrogen) atoms. The fourth-order valence-corrected chi connectivity index (χ4v) is 3.41. The highest BCUT2D eigenvalue weighted by molar-refractivity contribution is 9.10. The van der Waals surface area contributed by atoms with Gasteiger partial charge in [0.15, 0.2) is 0 Å². The molecule has 0 saturated heterocycles. The summed E-state index contributed by atoms with van der Waals surface area (Å²) in [5.41, 5.74) is 0.860. The third kappa shape index (κ3) is 1.52. The van der Waals surface area contributed by atoms with Crippen molar-refractivity contribution in [3.05, 3.63) is 27.5 Å². The van der Waals surface area contributed by atoms with E-state index in [0.717, 1.165) is 14.9 Å². The van der Waals surface area contributed by atoms with Gasteiger partial charge in [0.2, 0.25) is 0 Å². The van der Waals surface area contributed by atoms with Crippen LogP contribution >= 0.6 is 39.9 Å². The van der Waals surface area contributed by atoms with Gasteiger partial charge >= 0.3 is 0 Å². The van der Waals surface area contributed by atoms with Crippen molar-refractivity contribution in [3.63, 3.8) is 0 Å². The van der Waals surface area contributed by atoms with E-state index in [1.54, 1.807) is 11.3 Å². The Labute approximate surface area is 93.9 Å². The minimum absolute atomic E-state index is 0.0211. The standard InChI is InChI=1S/C9H7BrOS2/c10-8-6(4-11)7(12)3-5-1-2-13-9(5)8/h1-3,11-12H,4H2. The Balaban J connectivity index is 2.85. The molecule has 2 rings (SSSR count). The normalized spacial score (nSPS) is 11.0. The molecule has 1 aromatic heterocycles. The summed E-state index contributed by atoms with van der Waals surface area (Å²) < 4.78 is 2.13. The fourth-order valence-electron chi connectivity index (χ4n) is 1.25. The third-order valence-electron chi connectivity index (χ3n) is 1.92. The van der Waals surface area contributed by atoms with Gasteiger partial charge in [-0.15, -0.1) is 24.0 Å². The van der Waals surface area contributed by atoms with Gasteiger partial charge in [-0.05, 0) is 38.8 Å². The number of aliphatic hydroxyl groups is 1. The molecule has 1 N–H and O–H groups in total. The largest absolute Gasteiger partial charge is 0.392 e. The van der Waals surface area contributed by atoms with Crippen LogP contribution in [0.1, 0.15) is 5.56 Å². The van der Waals surface area contributed by atoms with Crippen molar-refractivity contribution >= 4 is 50.0 Å². The van der Waals surface area contributed by atoms with E-state index in [9.17, 15) is 0 Å². The molecule has 0 unspecified atom stereocenters. The van der Waals surface area contributed by atoms with Crippen molar-refractivity contribution in [2.75, 3.05) is 0 Å². The van der Waals surface area contributed by atoms with E-state index in [0.29, 0.717) is 0 Å². The third-order valence-corrected chi connectivity index (χ3v) is 4.40. The number of aliphatic hydroxyl groups excluding tert-OH is 1. The van der Waals surface area contributed by atoms with E-state index in [2.05, 4.69) is 28.6 Å². The summed E-state index contributed by atoms with van der Waals surface area (Å²) in [6.07, 6.45) is 0. The summed E-state index contributed by atoms with van der Waals surface area (Å²) in [5, 5.41) is 12.3. The van der Waals surface area contributed by atoms with Crippen LogP contribution in [0.25, 0.3) is 10.1 Å². The van der Waals surface area contributed by atoms with Crippen LogP contribution in [0.15, 0.2) is 26.9 Å². The summed E-state index contributed by atoms with van der Waals surface area (Å²) in [7, 11) is 0. The molecule has 68 valence electrons. The summed E-state index contributed by atoms with van der Waals surface area (Å²) in [6, 6.07) is 4.02. The maximum absolute atomic E-state index is 9.12. The number of hydrogen-bond donors (Lipinski definition) is 2. The Morgan fingerprint density at radius 2 is 2.31 bits per heavy atom. The number of rotatable bonds is 1. The molecule has 1 aromatic carbocycles. The van der Waals surface area contributed by atoms with Gasteiger partial charge in [0, 0.05) is 19.6 Å². The van der Waals surface area contributed by atoms with Gasteiger partial charge in [0.1, 0.15) is 0 Å². The SMILES string of the molecule is OCc1c(S)cc2ccsc2c1Br. The van der Waals surface area contributed by atoms with Crippen LogP contribution in [0.2, 0.25) is 0 Å². The van der Waals surface area contributed by atoms with Crippen LogP contribution in [0.3, 0.4) is 0 Å². The number of hydrogen-bond acceptors (Lipinski definition) is 3. The second-order valence-corrected chi connectivity index (χ2v) is 4.88. The van der Waals surface area contributed by atoms with E-state index in [1.807, 2.05) is 17.5 Å². The molecule has 0 aliphatic carbocycles. The average molecular weight is 275 g/mol. The minimum atomic E-state index is 0.0211. The van der Waals surface area contributed by atoms with Crippen molar-refractivity contribution in [2.45, 2.75) is 11.5 Å². The number of halogens is 1. The molecule has 1 heterocycles. The Morgan fingerprint density at radius 1 is 1.54 bits per heavy atom. The second kappa shape index (κ2) is 3.61. The lowest BCUT2D eigenvalue weighted by Crippen LogP contribution is -1.87. The minimum Gasteiger partial charge on any atom is -0.392 e. The van der Waals surface area contributed by atoms with E-state index < -0.39 is 0 Å². The zero-order valence-corrected chi connectivity index (χ0v) is 9.92. The van der Waals surface area contributed by atoms with Crippen LogP contribution in [-0.4, -0.2) is 5.11 Å². The predicted molar refractivity (Wildman–Crippen MR) is 62.7 cm³/mol. The lowest BCUT2D eigenvalue weighted by molar-refractivity contribution is 0.278. The quantitative estimate of drug-likeness (QED) is 0.764. The van der Waals surface area contributed by atoms with Crippen LogP contribution in [-0.2, 0) is 6.61 Å². The first-order valence-electron chi connectivity index (χ1n) is 3.72. The molecule has 0 spiro atoms. The Hall–Kier alpha value is -0.0300. The van der Waals surface area contributed by atoms with Gasteiger partial charge in [0.25, 0.3) is 0 Å². The van der Waals surface area contributed by atoms with Crippen LogP contribution in [0.4, 0.5) is 0 Å². The molecule has 0 fully saturated rings. The molecular formula is C9H7BrOS2. The van der Waals surface area contributed by atoms with E-state index >= 15 is 0 Å². The molecule has 0 saturated carbocycles. The number of thiol groups is 1. The summed E-state index contributed by atoms with van der Waals surface area (Å²) in [5.74, 6) is 0. The van der Waals surface area contributed by atoms with Gasteiger partial charge < -0.3 is 5.11 Å². The Kier molecular flexibility index (Phi) is 2.65. The van der Waals surface area contributed by atoms with Crippen molar-refractivity contribution < 1.29 is 5.11 Å². The predicted octanol–water partition coefficient (Wildman–Crippen LogP) is 3.44. The first-order chi connectivity index (χ1) is 6.24. The van der Waals surface area contributed by atoms with Gasteiger partial charge in [-0.25, -0.2) is 0 Å². The lowest BCUT2D eigenvalue weighted by Gasteiger charge is -2.05. The Bertz CT molecular complexity index is 450. The van der Waals surface area contributed by atoms with Crippen molar-refractivity contribution in [1.82, 2.24) is 0 Å². The van der Waals surface area contributed by atoms with Gasteiger partial charge in [-0.2, -0.15) is 0 Å². The average Bonchev–Trinajstić information content (AvgIpc) is 2.53. The number of fused-ring (bicyclic) bond motifs is 1. The lowest BCUT2D eigenvalue weighted by atomic mass is 10.2. The molecule has 2 aromatic rings. The molecule has 4 heteroatoms. The molecule has 0 amide bonds. The zero-order chi connectivity index (χ0) is 9.42. The summed E-state index contributed by atoms with van der Waals surface area (Å²) in [4.78, 5) is 0.834. The first-order valence-corrected chi connectivity index (χ1v) is 5.84. The van der Waals surface area contributed by atoms with Gasteiger partial charge in [-0.3, -0.25) is 0 Å². The smallest absolute Gasteiger partial charge is 0.0704 e. The summed E-state index contributed by atoms with van der Waals surface area (Å²) in [6.45, 7) is 0.0211. The molecule has 0 aliphatic rings. The zero-order valence-electron chi connectivity index (χ0n) is 6.62. The fraction of sp³-hybridized carbons (Fsp3) is 0.111. The highest BCUT2D eigenvalue weighted by Gasteiger charge is 2.09. The maximum atomic E-state index is 9.12. The van der Waals surface area contributed by atoms with Crippen LogP contribution in [0, 0.1) is 0 Å².